The van der Waals surface area contributed by atoms with Gasteiger partial charge >= 0.3 is 6.03 Å². The maximum absolute atomic E-state index is 12.1. The van der Waals surface area contributed by atoms with E-state index in [1.807, 2.05) is 45.9 Å². The van der Waals surface area contributed by atoms with Gasteiger partial charge in [-0.1, -0.05) is 12.1 Å². The zero-order valence-corrected chi connectivity index (χ0v) is 14.4. The van der Waals surface area contributed by atoms with Crippen molar-refractivity contribution in [2.45, 2.75) is 33.7 Å². The third kappa shape index (κ3) is 4.59. The standard InChI is InChI=1S/C19H23N3O2/c1-12(2)20-18(23)15-8-10-16(11-9-15)21-19(24)22-17-7-5-6-13(3)14(17)4/h5-12H,1-4H3,(H,20,23)(H2,21,22,24). The Morgan fingerprint density at radius 2 is 1.58 bits per heavy atom. The molecule has 0 unspecified atom stereocenters. The van der Waals surface area contributed by atoms with E-state index in [4.69, 9.17) is 0 Å². The van der Waals surface area contributed by atoms with Gasteiger partial charge in [-0.25, -0.2) is 4.79 Å². The van der Waals surface area contributed by atoms with Crippen molar-refractivity contribution >= 4 is 23.3 Å². The second-order valence-corrected chi connectivity index (χ2v) is 6.03. The minimum absolute atomic E-state index is 0.0821. The SMILES string of the molecule is Cc1cccc(NC(=O)Nc2ccc(C(=O)NC(C)C)cc2)c1C. The van der Waals surface area contributed by atoms with Crippen molar-refractivity contribution in [2.24, 2.45) is 0 Å². The summed E-state index contributed by atoms with van der Waals surface area (Å²) in [6.07, 6.45) is 0. The predicted octanol–water partition coefficient (Wildman–Crippen LogP) is 4.09. The van der Waals surface area contributed by atoms with E-state index in [2.05, 4.69) is 16.0 Å². The number of benzene rings is 2. The number of amides is 3. The van der Waals surface area contributed by atoms with E-state index in [-0.39, 0.29) is 18.0 Å². The molecule has 0 fully saturated rings. The molecule has 0 aromatic heterocycles. The van der Waals surface area contributed by atoms with Crippen molar-refractivity contribution in [3.8, 4) is 0 Å². The maximum atomic E-state index is 12.1. The summed E-state index contributed by atoms with van der Waals surface area (Å²) in [4.78, 5) is 24.0. The number of carbonyl (C=O) groups is 2. The minimum atomic E-state index is -0.317. The van der Waals surface area contributed by atoms with E-state index in [1.165, 1.54) is 0 Å². The van der Waals surface area contributed by atoms with Crippen LogP contribution >= 0.6 is 0 Å². The normalized spacial score (nSPS) is 10.4. The minimum Gasteiger partial charge on any atom is -0.350 e. The van der Waals surface area contributed by atoms with Crippen LogP contribution < -0.4 is 16.0 Å². The van der Waals surface area contributed by atoms with Crippen LogP contribution in [0.3, 0.4) is 0 Å². The molecule has 3 amide bonds. The summed E-state index contributed by atoms with van der Waals surface area (Å²) in [5.41, 5.74) is 4.12. The molecule has 5 nitrogen and oxygen atoms in total. The van der Waals surface area contributed by atoms with Crippen LogP contribution in [-0.2, 0) is 0 Å². The summed E-state index contributed by atoms with van der Waals surface area (Å²) in [5.74, 6) is -0.128. The third-order valence-corrected chi connectivity index (χ3v) is 3.68. The van der Waals surface area contributed by atoms with Crippen LogP contribution in [0.5, 0.6) is 0 Å². The quantitative estimate of drug-likeness (QED) is 0.792. The van der Waals surface area contributed by atoms with Crippen molar-refractivity contribution < 1.29 is 9.59 Å². The van der Waals surface area contributed by atoms with Crippen LogP contribution in [0.1, 0.15) is 35.3 Å². The van der Waals surface area contributed by atoms with Gasteiger partial charge in [-0.2, -0.15) is 0 Å². The van der Waals surface area contributed by atoms with Gasteiger partial charge in [0.25, 0.3) is 5.91 Å². The zero-order valence-electron chi connectivity index (χ0n) is 14.4. The molecule has 0 aliphatic heterocycles. The van der Waals surface area contributed by atoms with Crippen LogP contribution in [0.25, 0.3) is 0 Å². The summed E-state index contributed by atoms with van der Waals surface area (Å²) >= 11 is 0. The van der Waals surface area contributed by atoms with Gasteiger partial charge in [-0.3, -0.25) is 4.79 Å². The Labute approximate surface area is 142 Å². The Balaban J connectivity index is 1.99. The van der Waals surface area contributed by atoms with Crippen LogP contribution in [0.4, 0.5) is 16.2 Å². The number of urea groups is 1. The smallest absolute Gasteiger partial charge is 0.323 e. The number of hydrogen-bond acceptors (Lipinski definition) is 2. The lowest BCUT2D eigenvalue weighted by Gasteiger charge is -2.12. The van der Waals surface area contributed by atoms with Crippen molar-refractivity contribution in [3.63, 3.8) is 0 Å². The Morgan fingerprint density at radius 1 is 0.917 bits per heavy atom. The Morgan fingerprint density at radius 3 is 2.21 bits per heavy atom. The molecule has 0 aliphatic rings. The van der Waals surface area contributed by atoms with Crippen LogP contribution in [0.15, 0.2) is 42.5 Å². The highest BCUT2D eigenvalue weighted by atomic mass is 16.2. The zero-order chi connectivity index (χ0) is 17.7. The number of aryl methyl sites for hydroxylation is 1. The van der Waals surface area contributed by atoms with Gasteiger partial charge < -0.3 is 16.0 Å². The van der Waals surface area contributed by atoms with Gasteiger partial charge in [-0.05, 0) is 69.2 Å². The highest BCUT2D eigenvalue weighted by Gasteiger charge is 2.09. The first kappa shape index (κ1) is 17.5. The van der Waals surface area contributed by atoms with Gasteiger partial charge in [0.2, 0.25) is 0 Å². The molecule has 5 heteroatoms. The Bertz CT molecular complexity index is 737. The average molecular weight is 325 g/mol. The lowest BCUT2D eigenvalue weighted by Crippen LogP contribution is -2.30. The molecule has 2 aromatic rings. The number of hydrogen-bond donors (Lipinski definition) is 3. The van der Waals surface area contributed by atoms with Gasteiger partial charge in [-0.15, -0.1) is 0 Å². The first-order valence-electron chi connectivity index (χ1n) is 7.92. The van der Waals surface area contributed by atoms with Crippen LogP contribution in [0, 0.1) is 13.8 Å². The Hall–Kier alpha value is -2.82. The highest BCUT2D eigenvalue weighted by Crippen LogP contribution is 2.18. The number of carbonyl (C=O) groups excluding carboxylic acids is 2. The van der Waals surface area contributed by atoms with E-state index in [9.17, 15) is 9.59 Å². The Kier molecular flexibility index (Phi) is 5.58. The van der Waals surface area contributed by atoms with Gasteiger partial charge in [0.15, 0.2) is 0 Å². The fourth-order valence-electron chi connectivity index (χ4n) is 2.22. The fourth-order valence-corrected chi connectivity index (χ4v) is 2.22. The molecule has 126 valence electrons. The summed E-state index contributed by atoms with van der Waals surface area (Å²) in [6.45, 7) is 7.78. The molecule has 0 radical (unpaired) electrons. The lowest BCUT2D eigenvalue weighted by atomic mass is 10.1. The molecule has 24 heavy (non-hydrogen) atoms. The van der Waals surface area contributed by atoms with E-state index < -0.39 is 0 Å². The van der Waals surface area contributed by atoms with E-state index in [1.54, 1.807) is 24.3 Å². The molecule has 0 aliphatic carbocycles. The predicted molar refractivity (Wildman–Crippen MR) is 97.6 cm³/mol. The maximum Gasteiger partial charge on any atom is 0.323 e. The molecule has 0 atom stereocenters. The van der Waals surface area contributed by atoms with Crippen LogP contribution in [0.2, 0.25) is 0 Å². The number of nitrogens with one attached hydrogen (secondary N) is 3. The molecule has 0 heterocycles. The van der Waals surface area contributed by atoms with E-state index >= 15 is 0 Å². The van der Waals surface area contributed by atoms with Crippen molar-refractivity contribution in [1.82, 2.24) is 5.32 Å². The van der Waals surface area contributed by atoms with Crippen molar-refractivity contribution in [2.75, 3.05) is 10.6 Å². The number of rotatable bonds is 4. The molecule has 0 saturated carbocycles. The summed E-state index contributed by atoms with van der Waals surface area (Å²) in [7, 11) is 0. The summed E-state index contributed by atoms with van der Waals surface area (Å²) in [5, 5.41) is 8.42. The third-order valence-electron chi connectivity index (χ3n) is 3.68. The van der Waals surface area contributed by atoms with E-state index in [0.717, 1.165) is 16.8 Å². The molecule has 0 bridgehead atoms. The highest BCUT2D eigenvalue weighted by molar-refractivity contribution is 6.01. The fraction of sp³-hybridized carbons (Fsp3) is 0.263. The van der Waals surface area contributed by atoms with Gasteiger partial charge in [0.1, 0.15) is 0 Å². The van der Waals surface area contributed by atoms with Crippen molar-refractivity contribution in [3.05, 3.63) is 59.2 Å². The molecule has 3 N–H and O–H groups in total. The molecule has 0 spiro atoms. The van der Waals surface area contributed by atoms with E-state index in [0.29, 0.717) is 11.3 Å². The summed E-state index contributed by atoms with van der Waals surface area (Å²) in [6, 6.07) is 12.3. The second-order valence-electron chi connectivity index (χ2n) is 6.03. The lowest BCUT2D eigenvalue weighted by molar-refractivity contribution is 0.0943. The molecule has 2 aromatic carbocycles. The van der Waals surface area contributed by atoms with Crippen molar-refractivity contribution in [1.29, 1.82) is 0 Å². The monoisotopic (exact) mass is 325 g/mol. The largest absolute Gasteiger partial charge is 0.350 e. The topological polar surface area (TPSA) is 70.2 Å². The van der Waals surface area contributed by atoms with Gasteiger partial charge in [0, 0.05) is 23.0 Å². The van der Waals surface area contributed by atoms with Gasteiger partial charge in [0.05, 0.1) is 0 Å². The van der Waals surface area contributed by atoms with Crippen LogP contribution in [-0.4, -0.2) is 18.0 Å². The molecule has 2 rings (SSSR count). The first-order valence-corrected chi connectivity index (χ1v) is 7.92. The first-order chi connectivity index (χ1) is 11.4. The average Bonchev–Trinajstić information content (AvgIpc) is 2.52. The molecular weight excluding hydrogens is 302 g/mol. The second kappa shape index (κ2) is 7.64. The molecule has 0 saturated heterocycles. The number of anilines is 2. The molecular formula is C19H23N3O2. The summed E-state index contributed by atoms with van der Waals surface area (Å²) < 4.78 is 0.